The first-order chi connectivity index (χ1) is 9.69. The first-order valence-electron chi connectivity index (χ1n) is 6.93. The van der Waals surface area contributed by atoms with Gasteiger partial charge in [-0.25, -0.2) is 0 Å². The Kier molecular flexibility index (Phi) is 7.87. The van der Waals surface area contributed by atoms with Gasteiger partial charge in [-0.1, -0.05) is 30.3 Å². The molecular weight excluding hydrogens is 254 g/mol. The second-order valence-electron chi connectivity index (χ2n) is 4.70. The summed E-state index contributed by atoms with van der Waals surface area (Å²) in [6.45, 7) is 4.89. The van der Waals surface area contributed by atoms with Crippen LogP contribution in [-0.4, -0.2) is 50.2 Å². The summed E-state index contributed by atoms with van der Waals surface area (Å²) in [4.78, 5) is 14.2. The van der Waals surface area contributed by atoms with E-state index in [4.69, 9.17) is 10.5 Å². The summed E-state index contributed by atoms with van der Waals surface area (Å²) in [7, 11) is 1.62. The third-order valence-corrected chi connectivity index (χ3v) is 3.18. The Bertz CT molecular complexity index is 384. The third-order valence-electron chi connectivity index (χ3n) is 3.18. The molecule has 5 nitrogen and oxygen atoms in total. The maximum absolute atomic E-state index is 12.1. The lowest BCUT2D eigenvalue weighted by Gasteiger charge is -2.27. The number of ether oxygens (including phenoxy) is 1. The number of carbonyl (C=O) groups excluding carboxylic acids is 1. The highest BCUT2D eigenvalue weighted by Crippen LogP contribution is 2.08. The van der Waals surface area contributed by atoms with Crippen LogP contribution in [0.1, 0.15) is 12.5 Å². The standard InChI is InChI=1S/C15H25N3O2/c1-13(15(19)17-9-11-20-2)18(10-8-16)12-14-6-4-3-5-7-14/h3-7,13H,8-12,16H2,1-2H3,(H,17,19). The average Bonchev–Trinajstić information content (AvgIpc) is 2.47. The van der Waals surface area contributed by atoms with Gasteiger partial charge in [0.15, 0.2) is 0 Å². The minimum Gasteiger partial charge on any atom is -0.383 e. The van der Waals surface area contributed by atoms with Gasteiger partial charge in [-0.3, -0.25) is 9.69 Å². The smallest absolute Gasteiger partial charge is 0.237 e. The molecule has 0 radical (unpaired) electrons. The van der Waals surface area contributed by atoms with Crippen molar-refractivity contribution in [2.24, 2.45) is 5.73 Å². The number of hydrogen-bond acceptors (Lipinski definition) is 4. The van der Waals surface area contributed by atoms with Crippen molar-refractivity contribution in [3.63, 3.8) is 0 Å². The minimum atomic E-state index is -0.212. The number of carbonyl (C=O) groups is 1. The number of hydrogen-bond donors (Lipinski definition) is 2. The lowest BCUT2D eigenvalue weighted by Crippen LogP contribution is -2.47. The van der Waals surface area contributed by atoms with Crippen molar-refractivity contribution in [2.45, 2.75) is 19.5 Å². The first kappa shape index (κ1) is 16.6. The van der Waals surface area contributed by atoms with E-state index < -0.39 is 0 Å². The zero-order chi connectivity index (χ0) is 14.8. The number of benzene rings is 1. The molecule has 3 N–H and O–H groups in total. The van der Waals surface area contributed by atoms with Crippen LogP contribution in [0.2, 0.25) is 0 Å². The predicted molar refractivity (Wildman–Crippen MR) is 80.3 cm³/mol. The Labute approximate surface area is 121 Å². The van der Waals surface area contributed by atoms with Gasteiger partial charge in [0.2, 0.25) is 5.91 Å². The zero-order valence-corrected chi connectivity index (χ0v) is 12.3. The van der Waals surface area contributed by atoms with Gasteiger partial charge in [-0.2, -0.15) is 0 Å². The van der Waals surface area contributed by atoms with Gasteiger partial charge >= 0.3 is 0 Å². The second kappa shape index (κ2) is 9.47. The number of nitrogens with zero attached hydrogens (tertiary/aromatic N) is 1. The molecule has 0 saturated carbocycles. The Morgan fingerprint density at radius 1 is 1.40 bits per heavy atom. The number of methoxy groups -OCH3 is 1. The molecule has 112 valence electrons. The van der Waals surface area contributed by atoms with E-state index in [0.29, 0.717) is 26.2 Å². The molecular formula is C15H25N3O2. The molecule has 1 unspecified atom stereocenters. The van der Waals surface area contributed by atoms with Crippen LogP contribution in [0.5, 0.6) is 0 Å². The fourth-order valence-electron chi connectivity index (χ4n) is 1.98. The molecule has 5 heteroatoms. The number of nitrogens with one attached hydrogen (secondary N) is 1. The molecule has 1 amide bonds. The predicted octanol–water partition coefficient (Wildman–Crippen LogP) is 0.598. The van der Waals surface area contributed by atoms with Crippen molar-refractivity contribution in [2.75, 3.05) is 33.4 Å². The Morgan fingerprint density at radius 3 is 2.70 bits per heavy atom. The lowest BCUT2D eigenvalue weighted by atomic mass is 10.1. The normalized spacial score (nSPS) is 12.4. The monoisotopic (exact) mass is 279 g/mol. The van der Waals surface area contributed by atoms with Gasteiger partial charge < -0.3 is 15.8 Å². The summed E-state index contributed by atoms with van der Waals surface area (Å²) >= 11 is 0. The third kappa shape index (κ3) is 5.69. The van der Waals surface area contributed by atoms with Crippen LogP contribution in [0.25, 0.3) is 0 Å². The quantitative estimate of drug-likeness (QED) is 0.650. The van der Waals surface area contributed by atoms with Crippen molar-refractivity contribution < 1.29 is 9.53 Å². The van der Waals surface area contributed by atoms with Crippen molar-refractivity contribution in [1.82, 2.24) is 10.2 Å². The fourth-order valence-corrected chi connectivity index (χ4v) is 1.98. The van der Waals surface area contributed by atoms with E-state index in [9.17, 15) is 4.79 Å². The van der Waals surface area contributed by atoms with Crippen LogP contribution >= 0.6 is 0 Å². The van der Waals surface area contributed by atoms with E-state index >= 15 is 0 Å². The van der Waals surface area contributed by atoms with Gasteiger partial charge in [0.1, 0.15) is 0 Å². The van der Waals surface area contributed by atoms with Crippen molar-refractivity contribution in [3.05, 3.63) is 35.9 Å². The maximum atomic E-state index is 12.1. The molecule has 1 aromatic rings. The van der Waals surface area contributed by atoms with Crippen LogP contribution in [0, 0.1) is 0 Å². The van der Waals surface area contributed by atoms with E-state index in [2.05, 4.69) is 22.3 Å². The zero-order valence-electron chi connectivity index (χ0n) is 12.3. The molecule has 0 aromatic heterocycles. The summed E-state index contributed by atoms with van der Waals surface area (Å²) in [6, 6.07) is 9.88. The minimum absolute atomic E-state index is 0.00595. The van der Waals surface area contributed by atoms with Crippen molar-refractivity contribution >= 4 is 5.91 Å². The molecule has 1 atom stereocenters. The molecule has 1 rings (SSSR count). The van der Waals surface area contributed by atoms with E-state index in [0.717, 1.165) is 6.54 Å². The van der Waals surface area contributed by atoms with Gasteiger partial charge in [-0.15, -0.1) is 0 Å². The van der Waals surface area contributed by atoms with Crippen LogP contribution in [0.4, 0.5) is 0 Å². The Hall–Kier alpha value is -1.43. The number of nitrogens with two attached hydrogens (primary N) is 1. The molecule has 0 bridgehead atoms. The lowest BCUT2D eigenvalue weighted by molar-refractivity contribution is -0.126. The van der Waals surface area contributed by atoms with Gasteiger partial charge in [-0.05, 0) is 12.5 Å². The molecule has 0 heterocycles. The van der Waals surface area contributed by atoms with E-state index in [1.165, 1.54) is 5.56 Å². The topological polar surface area (TPSA) is 67.6 Å². The summed E-state index contributed by atoms with van der Waals surface area (Å²) in [6.07, 6.45) is 0. The number of amides is 1. The van der Waals surface area contributed by atoms with E-state index in [1.54, 1.807) is 7.11 Å². The van der Waals surface area contributed by atoms with Crippen LogP contribution in [0.15, 0.2) is 30.3 Å². The Morgan fingerprint density at radius 2 is 2.10 bits per heavy atom. The van der Waals surface area contributed by atoms with E-state index in [1.807, 2.05) is 25.1 Å². The second-order valence-corrected chi connectivity index (χ2v) is 4.70. The fraction of sp³-hybridized carbons (Fsp3) is 0.533. The van der Waals surface area contributed by atoms with Gasteiger partial charge in [0.05, 0.1) is 12.6 Å². The van der Waals surface area contributed by atoms with Crippen molar-refractivity contribution in [3.8, 4) is 0 Å². The van der Waals surface area contributed by atoms with Crippen molar-refractivity contribution in [1.29, 1.82) is 0 Å². The molecule has 0 saturated heterocycles. The summed E-state index contributed by atoms with van der Waals surface area (Å²) in [5, 5.41) is 2.86. The summed E-state index contributed by atoms with van der Waals surface area (Å²) in [5.41, 5.74) is 6.83. The van der Waals surface area contributed by atoms with Crippen LogP contribution in [0.3, 0.4) is 0 Å². The van der Waals surface area contributed by atoms with Gasteiger partial charge in [0.25, 0.3) is 0 Å². The molecule has 0 aliphatic heterocycles. The SMILES string of the molecule is COCCNC(=O)C(C)N(CCN)Cc1ccccc1. The molecule has 1 aromatic carbocycles. The van der Waals surface area contributed by atoms with Crippen LogP contribution in [-0.2, 0) is 16.1 Å². The molecule has 0 aliphatic carbocycles. The highest BCUT2D eigenvalue weighted by molar-refractivity contribution is 5.81. The molecule has 20 heavy (non-hydrogen) atoms. The largest absolute Gasteiger partial charge is 0.383 e. The average molecular weight is 279 g/mol. The maximum Gasteiger partial charge on any atom is 0.237 e. The van der Waals surface area contributed by atoms with E-state index in [-0.39, 0.29) is 11.9 Å². The highest BCUT2D eigenvalue weighted by Gasteiger charge is 2.20. The Balaban J connectivity index is 2.57. The summed E-state index contributed by atoms with van der Waals surface area (Å²) in [5.74, 6) is 0.00595. The highest BCUT2D eigenvalue weighted by atomic mass is 16.5. The summed E-state index contributed by atoms with van der Waals surface area (Å²) < 4.78 is 4.93. The molecule has 0 fully saturated rings. The first-order valence-corrected chi connectivity index (χ1v) is 6.93. The number of rotatable bonds is 9. The molecule has 0 aliphatic rings. The van der Waals surface area contributed by atoms with Crippen LogP contribution < -0.4 is 11.1 Å². The van der Waals surface area contributed by atoms with Gasteiger partial charge in [0, 0.05) is 33.3 Å². The molecule has 0 spiro atoms.